The van der Waals surface area contributed by atoms with Gasteiger partial charge in [0.1, 0.15) is 24.2 Å². The Kier molecular flexibility index (Phi) is 13.2. The van der Waals surface area contributed by atoms with Crippen LogP contribution in [0.4, 0.5) is 0 Å². The lowest BCUT2D eigenvalue weighted by Crippen LogP contribution is -2.58. The minimum Gasteiger partial charge on any atom is -0.480 e. The van der Waals surface area contributed by atoms with Crippen LogP contribution in [0.2, 0.25) is 0 Å². The summed E-state index contributed by atoms with van der Waals surface area (Å²) in [5.74, 6) is -4.52. The highest BCUT2D eigenvalue weighted by atomic mass is 16.4. The van der Waals surface area contributed by atoms with Crippen molar-refractivity contribution < 1.29 is 34.2 Å². The van der Waals surface area contributed by atoms with Crippen molar-refractivity contribution in [3.63, 3.8) is 0 Å². The highest BCUT2D eigenvalue weighted by Gasteiger charge is 2.32. The summed E-state index contributed by atoms with van der Waals surface area (Å²) in [6.07, 6.45) is -0.840. The molecule has 0 spiro atoms. The number of rotatable bonds is 15. The first kappa shape index (κ1) is 30.3. The summed E-state index contributed by atoms with van der Waals surface area (Å²) in [7, 11) is 0. The molecule has 33 heavy (non-hydrogen) atoms. The van der Waals surface area contributed by atoms with Gasteiger partial charge in [-0.3, -0.25) is 19.2 Å². The molecule has 0 aromatic rings. The lowest BCUT2D eigenvalue weighted by molar-refractivity contribution is -0.144. The number of carboxylic acid groups (broad SMARTS) is 1. The Morgan fingerprint density at radius 1 is 0.879 bits per heavy atom. The zero-order valence-electron chi connectivity index (χ0n) is 20.0. The predicted octanol–water partition coefficient (Wildman–Crippen LogP) is -1.41. The van der Waals surface area contributed by atoms with Crippen molar-refractivity contribution >= 4 is 29.6 Å². The van der Waals surface area contributed by atoms with Crippen LogP contribution in [0.25, 0.3) is 0 Å². The van der Waals surface area contributed by atoms with Crippen molar-refractivity contribution in [2.24, 2.45) is 23.3 Å². The maximum absolute atomic E-state index is 12.9. The second-order valence-electron chi connectivity index (χ2n) is 8.73. The van der Waals surface area contributed by atoms with E-state index in [1.165, 1.54) is 6.92 Å². The maximum atomic E-state index is 12.9. The first-order chi connectivity index (χ1) is 15.2. The van der Waals surface area contributed by atoms with Crippen molar-refractivity contribution in [2.75, 3.05) is 0 Å². The fourth-order valence-corrected chi connectivity index (χ4v) is 2.95. The van der Waals surface area contributed by atoms with Crippen LogP contribution in [-0.2, 0) is 24.0 Å². The van der Waals surface area contributed by atoms with Crippen molar-refractivity contribution in [1.82, 2.24) is 16.0 Å². The van der Waals surface area contributed by atoms with E-state index in [9.17, 15) is 34.2 Å². The van der Waals surface area contributed by atoms with Crippen molar-refractivity contribution in [1.29, 1.82) is 0 Å². The summed E-state index contributed by atoms with van der Waals surface area (Å²) < 4.78 is 0. The van der Waals surface area contributed by atoms with Crippen molar-refractivity contribution in [3.8, 4) is 0 Å². The number of carbonyl (C=O) groups is 5. The SMILES string of the molecule is CCC(C)C(NC(=O)C(CC(C)C)NC(=O)C(CCC(N)=O)NC(=O)C(N)C(C)O)C(=O)O. The lowest BCUT2D eigenvalue weighted by atomic mass is 9.97. The van der Waals surface area contributed by atoms with Crippen LogP contribution in [0.1, 0.15) is 60.3 Å². The van der Waals surface area contributed by atoms with Crippen LogP contribution < -0.4 is 27.4 Å². The molecule has 0 aromatic heterocycles. The molecule has 0 heterocycles. The number of hydrogen-bond acceptors (Lipinski definition) is 7. The van der Waals surface area contributed by atoms with Gasteiger partial charge in [-0.1, -0.05) is 34.1 Å². The topological polar surface area (TPSA) is 214 Å². The van der Waals surface area contributed by atoms with Gasteiger partial charge >= 0.3 is 5.97 Å². The van der Waals surface area contributed by atoms with Gasteiger partial charge in [0.15, 0.2) is 0 Å². The van der Waals surface area contributed by atoms with E-state index in [1.54, 1.807) is 13.8 Å². The third kappa shape index (κ3) is 11.1. The Balaban J connectivity index is 5.62. The molecule has 6 unspecified atom stereocenters. The predicted molar refractivity (Wildman–Crippen MR) is 120 cm³/mol. The van der Waals surface area contributed by atoms with Gasteiger partial charge in [0.2, 0.25) is 23.6 Å². The zero-order chi connectivity index (χ0) is 25.9. The molecular formula is C21H39N5O7. The summed E-state index contributed by atoms with van der Waals surface area (Å²) in [4.78, 5) is 60.8. The fraction of sp³-hybridized carbons (Fsp3) is 0.762. The number of nitrogens with one attached hydrogen (secondary N) is 3. The highest BCUT2D eigenvalue weighted by Crippen LogP contribution is 2.11. The Morgan fingerprint density at radius 3 is 1.82 bits per heavy atom. The minimum atomic E-state index is -1.31. The average Bonchev–Trinajstić information content (AvgIpc) is 2.71. The summed E-state index contributed by atoms with van der Waals surface area (Å²) in [5, 5.41) is 26.3. The van der Waals surface area contributed by atoms with Crippen LogP contribution in [0.15, 0.2) is 0 Å². The molecule has 0 aliphatic carbocycles. The second-order valence-corrected chi connectivity index (χ2v) is 8.73. The van der Waals surface area contributed by atoms with Gasteiger partial charge in [-0.15, -0.1) is 0 Å². The molecule has 0 radical (unpaired) electrons. The average molecular weight is 474 g/mol. The summed E-state index contributed by atoms with van der Waals surface area (Å²) in [6, 6.07) is -4.78. The number of nitrogens with two attached hydrogens (primary N) is 2. The standard InChI is InChI=1S/C21H39N5O7/c1-6-11(4)17(21(32)33)26-19(30)14(9-10(2)3)25-18(29)13(7-8-15(22)28)24-20(31)16(23)12(5)27/h10-14,16-17,27H,6-9,23H2,1-5H3,(H2,22,28)(H,24,31)(H,25,29)(H,26,30)(H,32,33). The van der Waals surface area contributed by atoms with E-state index in [2.05, 4.69) is 16.0 Å². The number of aliphatic carboxylic acids is 1. The van der Waals surface area contributed by atoms with Gasteiger partial charge in [0.05, 0.1) is 6.10 Å². The van der Waals surface area contributed by atoms with E-state index in [-0.39, 0.29) is 31.1 Å². The fourth-order valence-electron chi connectivity index (χ4n) is 2.95. The molecule has 4 amide bonds. The van der Waals surface area contributed by atoms with Gasteiger partial charge in [0, 0.05) is 6.42 Å². The van der Waals surface area contributed by atoms with Crippen LogP contribution >= 0.6 is 0 Å². The molecule has 0 rings (SSSR count). The Hall–Kier alpha value is -2.73. The number of hydrogen-bond donors (Lipinski definition) is 7. The van der Waals surface area contributed by atoms with Crippen LogP contribution in [0.5, 0.6) is 0 Å². The molecule has 190 valence electrons. The molecular weight excluding hydrogens is 434 g/mol. The molecule has 0 aromatic carbocycles. The zero-order valence-corrected chi connectivity index (χ0v) is 20.0. The van der Waals surface area contributed by atoms with Crippen molar-refractivity contribution in [3.05, 3.63) is 0 Å². The smallest absolute Gasteiger partial charge is 0.326 e. The molecule has 6 atom stereocenters. The summed E-state index contributed by atoms with van der Waals surface area (Å²) in [6.45, 7) is 8.44. The first-order valence-electron chi connectivity index (χ1n) is 11.1. The monoisotopic (exact) mass is 473 g/mol. The molecule has 0 aliphatic rings. The van der Waals surface area contributed by atoms with E-state index < -0.39 is 59.9 Å². The molecule has 9 N–H and O–H groups in total. The van der Waals surface area contributed by atoms with E-state index in [1.807, 2.05) is 13.8 Å². The second kappa shape index (κ2) is 14.4. The Labute approximate surface area is 194 Å². The van der Waals surface area contributed by atoms with Crippen LogP contribution in [-0.4, -0.2) is 70.1 Å². The summed E-state index contributed by atoms with van der Waals surface area (Å²) in [5.41, 5.74) is 10.8. The number of carboxylic acids is 1. The van der Waals surface area contributed by atoms with Gasteiger partial charge in [-0.2, -0.15) is 0 Å². The van der Waals surface area contributed by atoms with Gasteiger partial charge < -0.3 is 37.6 Å². The van der Waals surface area contributed by atoms with E-state index in [0.29, 0.717) is 6.42 Å². The first-order valence-corrected chi connectivity index (χ1v) is 11.1. The molecule has 0 saturated carbocycles. The number of amides is 4. The molecule has 12 nitrogen and oxygen atoms in total. The highest BCUT2D eigenvalue weighted by molar-refractivity contribution is 5.94. The maximum Gasteiger partial charge on any atom is 0.326 e. The minimum absolute atomic E-state index is 0.0322. The number of aliphatic hydroxyl groups is 1. The van der Waals surface area contributed by atoms with Crippen LogP contribution in [0, 0.1) is 11.8 Å². The molecule has 0 saturated heterocycles. The third-order valence-electron chi connectivity index (χ3n) is 5.25. The largest absolute Gasteiger partial charge is 0.480 e. The van der Waals surface area contributed by atoms with E-state index >= 15 is 0 Å². The van der Waals surface area contributed by atoms with E-state index in [0.717, 1.165) is 0 Å². The molecule has 0 bridgehead atoms. The number of aliphatic hydroxyl groups excluding tert-OH is 1. The van der Waals surface area contributed by atoms with Crippen molar-refractivity contribution in [2.45, 2.75) is 90.6 Å². The Bertz CT molecular complexity index is 698. The quantitative estimate of drug-likeness (QED) is 0.150. The van der Waals surface area contributed by atoms with Crippen LogP contribution in [0.3, 0.4) is 0 Å². The number of carbonyl (C=O) groups excluding carboxylic acids is 4. The normalized spacial score (nSPS) is 16.6. The number of primary amides is 1. The summed E-state index contributed by atoms with van der Waals surface area (Å²) >= 11 is 0. The third-order valence-corrected chi connectivity index (χ3v) is 5.25. The van der Waals surface area contributed by atoms with E-state index in [4.69, 9.17) is 11.5 Å². The molecule has 0 fully saturated rings. The molecule has 12 heteroatoms. The van der Waals surface area contributed by atoms with Gasteiger partial charge in [0.25, 0.3) is 0 Å². The van der Waals surface area contributed by atoms with Gasteiger partial charge in [-0.05, 0) is 31.6 Å². The lowest BCUT2D eigenvalue weighted by Gasteiger charge is -2.27. The Morgan fingerprint density at radius 2 is 1.39 bits per heavy atom. The molecule has 0 aliphatic heterocycles. The van der Waals surface area contributed by atoms with Gasteiger partial charge in [-0.25, -0.2) is 4.79 Å².